The zero-order valence-corrected chi connectivity index (χ0v) is 69.2. The average Bonchev–Trinajstić information content (AvgIpc) is 1.47. The molecule has 0 amide bonds. The molecule has 0 saturated heterocycles. The van der Waals surface area contributed by atoms with E-state index in [1.54, 1.807) is 0 Å². The third-order valence-electron chi connectivity index (χ3n) is 26.3. The van der Waals surface area contributed by atoms with Gasteiger partial charge in [-0.25, -0.2) is 29.9 Å². The van der Waals surface area contributed by atoms with Gasteiger partial charge >= 0.3 is 0 Å². The molecule has 26 rings (SSSR count). The highest BCUT2D eigenvalue weighted by molar-refractivity contribution is 6.17. The van der Waals surface area contributed by atoms with Gasteiger partial charge in [-0.3, -0.25) is 0 Å². The van der Waals surface area contributed by atoms with E-state index >= 15 is 0 Å². The Kier molecular flexibility index (Phi) is 17.3. The van der Waals surface area contributed by atoms with Gasteiger partial charge in [-0.15, -0.1) is 0 Å². The van der Waals surface area contributed by atoms with E-state index in [1.165, 1.54) is 44.5 Å². The molecule has 0 atom stereocenters. The summed E-state index contributed by atoms with van der Waals surface area (Å²) in [6, 6.07) is 159. The van der Waals surface area contributed by atoms with Gasteiger partial charge in [0.05, 0.1) is 56.0 Å². The first-order valence-electron chi connectivity index (χ1n) is 43.5. The fourth-order valence-corrected chi connectivity index (χ4v) is 20.6. The van der Waals surface area contributed by atoms with Crippen LogP contribution < -0.4 is 9.47 Å². The van der Waals surface area contributed by atoms with Crippen molar-refractivity contribution in [3.63, 3.8) is 0 Å². The van der Waals surface area contributed by atoms with E-state index in [0.29, 0.717) is 11.6 Å². The molecule has 0 fully saturated rings. The summed E-state index contributed by atoms with van der Waals surface area (Å²) in [7, 11) is 0. The lowest BCUT2D eigenvalue weighted by atomic mass is 9.65. The zero-order valence-electron chi connectivity index (χ0n) is 69.2. The van der Waals surface area contributed by atoms with E-state index < -0.39 is 10.8 Å². The van der Waals surface area contributed by atoms with Crippen LogP contribution >= 0.6 is 0 Å². The zero-order chi connectivity index (χ0) is 84.4. The van der Waals surface area contributed by atoms with E-state index in [9.17, 15) is 0 Å². The molecule has 22 aromatic rings. The van der Waals surface area contributed by atoms with Crippen LogP contribution in [0.15, 0.2) is 449 Å². The molecule has 4 aromatic heterocycles. The van der Waals surface area contributed by atoms with E-state index in [2.05, 4.69) is 376 Å². The highest BCUT2D eigenvalue weighted by Crippen LogP contribution is 2.66. The summed E-state index contributed by atoms with van der Waals surface area (Å²) in [5.41, 5.74) is 33.6. The number of fused-ring (bicyclic) bond motifs is 26. The van der Waals surface area contributed by atoms with Crippen molar-refractivity contribution in [1.29, 1.82) is 0 Å². The first kappa shape index (κ1) is 73.8. The van der Waals surface area contributed by atoms with Crippen molar-refractivity contribution in [2.45, 2.75) is 10.8 Å². The second kappa shape index (κ2) is 30.0. The fraction of sp³-hybridized carbons (Fsp3) is 0.0167. The number of benzene rings is 18. The Labute approximate surface area is 739 Å². The molecule has 0 unspecified atom stereocenters. The Balaban J connectivity index is 0.000000139. The first-order chi connectivity index (χ1) is 63.4. The topological polar surface area (TPSA) is 95.8 Å². The van der Waals surface area contributed by atoms with Crippen LogP contribution in [0.3, 0.4) is 0 Å². The molecule has 6 heterocycles. The number of pyridine rings is 2. The second-order valence-electron chi connectivity index (χ2n) is 33.3. The summed E-state index contributed by atoms with van der Waals surface area (Å²) >= 11 is 0. The van der Waals surface area contributed by atoms with E-state index in [0.717, 1.165) is 190 Å². The maximum absolute atomic E-state index is 7.16. The van der Waals surface area contributed by atoms with Gasteiger partial charge in [0.15, 0.2) is 11.6 Å². The smallest absolute Gasteiger partial charge is 0.160 e. The quantitative estimate of drug-likeness (QED) is 0.125. The molecule has 18 aromatic carbocycles. The van der Waals surface area contributed by atoms with Gasteiger partial charge in [0, 0.05) is 99.1 Å². The molecular weight excluding hydrogens is 1560 g/mol. The molecule has 8 nitrogen and oxygen atoms in total. The van der Waals surface area contributed by atoms with Gasteiger partial charge in [-0.05, 0) is 109 Å². The lowest BCUT2D eigenvalue weighted by Crippen LogP contribution is -2.32. The normalized spacial score (nSPS) is 12.9. The molecule has 0 bridgehead atoms. The Bertz CT molecular complexity index is 8020. The Morgan fingerprint density at radius 1 is 0.172 bits per heavy atom. The minimum atomic E-state index is -0.551. The van der Waals surface area contributed by atoms with Gasteiger partial charge in [0.25, 0.3) is 0 Å². The van der Waals surface area contributed by atoms with Crippen molar-refractivity contribution < 1.29 is 9.47 Å². The van der Waals surface area contributed by atoms with Crippen LogP contribution in [0, 0.1) is 0 Å². The summed E-state index contributed by atoms with van der Waals surface area (Å²) in [5.74, 6) is 4.92. The number of nitrogens with zero attached hydrogens (tertiary/aromatic N) is 6. The van der Waals surface area contributed by atoms with Crippen molar-refractivity contribution >= 4 is 43.4 Å². The monoisotopic (exact) mass is 1630 g/mol. The largest absolute Gasteiger partial charge is 0.456 e. The minimum absolute atomic E-state index is 0.547. The molecular formula is C120H74N6O2. The molecule has 0 radical (unpaired) electrons. The average molecular weight is 1630 g/mol. The van der Waals surface area contributed by atoms with E-state index in [-0.39, 0.29) is 0 Å². The Morgan fingerprint density at radius 2 is 0.461 bits per heavy atom. The number of para-hydroxylation sites is 4. The predicted octanol–water partition coefficient (Wildman–Crippen LogP) is 30.0. The fourth-order valence-electron chi connectivity index (χ4n) is 20.6. The summed E-state index contributed by atoms with van der Waals surface area (Å²) in [4.78, 5) is 30.9. The van der Waals surface area contributed by atoms with Crippen LogP contribution in [0.1, 0.15) is 44.5 Å². The van der Waals surface area contributed by atoms with Crippen LogP contribution in [0.25, 0.3) is 178 Å². The molecule has 2 spiro atoms. The maximum atomic E-state index is 7.16. The summed E-state index contributed by atoms with van der Waals surface area (Å²) < 4.78 is 14.3. The van der Waals surface area contributed by atoms with E-state index in [4.69, 9.17) is 39.4 Å². The van der Waals surface area contributed by atoms with Crippen LogP contribution in [0.5, 0.6) is 23.0 Å². The second-order valence-corrected chi connectivity index (χ2v) is 33.3. The lowest BCUT2D eigenvalue weighted by Gasteiger charge is -2.40. The molecule has 2 aliphatic heterocycles. The SMILES string of the molecule is c1ccc(-c2cc(-c3ccc(-c4ccc(-c5nc6ccccc6c6c7c(ccc56)C5(c6ccccc6O7)c6ccccc6-c6ccccc65)cc4)cc3)nc(-c3ccccc3)n2)cc1.c1ccc(-c2cc(-c3cccc(-c4ccc(-c5nc6ccccc6c6c7c(ccc56)C5(c6ccccc6O7)c6ccccc6-c6ccccc65)cc4)c3)nc(-c3ccccc3)n2)cc1. The van der Waals surface area contributed by atoms with Crippen LogP contribution in [-0.2, 0) is 10.8 Å². The molecule has 2 aliphatic carbocycles. The van der Waals surface area contributed by atoms with Crippen molar-refractivity contribution in [3.05, 3.63) is 493 Å². The molecule has 0 N–H and O–H groups in total. The number of hydrogen-bond donors (Lipinski definition) is 0. The molecule has 128 heavy (non-hydrogen) atoms. The first-order valence-corrected chi connectivity index (χ1v) is 43.5. The van der Waals surface area contributed by atoms with Crippen LogP contribution in [-0.4, -0.2) is 29.9 Å². The highest BCUT2D eigenvalue weighted by Gasteiger charge is 2.53. The summed E-state index contributed by atoms with van der Waals surface area (Å²) in [5, 5.41) is 6.38. The van der Waals surface area contributed by atoms with Crippen LogP contribution in [0.2, 0.25) is 0 Å². The van der Waals surface area contributed by atoms with Gasteiger partial charge in [-0.1, -0.05) is 406 Å². The van der Waals surface area contributed by atoms with Gasteiger partial charge in [0.2, 0.25) is 0 Å². The number of rotatable bonds is 10. The predicted molar refractivity (Wildman–Crippen MR) is 519 cm³/mol. The lowest BCUT2D eigenvalue weighted by molar-refractivity contribution is 0.442. The van der Waals surface area contributed by atoms with Crippen molar-refractivity contribution in [3.8, 4) is 158 Å². The Hall–Kier alpha value is -16.9. The van der Waals surface area contributed by atoms with Crippen molar-refractivity contribution in [2.24, 2.45) is 0 Å². The summed E-state index contributed by atoms with van der Waals surface area (Å²) in [6.45, 7) is 0. The van der Waals surface area contributed by atoms with Crippen molar-refractivity contribution in [1.82, 2.24) is 29.9 Å². The molecule has 8 heteroatoms. The number of hydrogen-bond acceptors (Lipinski definition) is 8. The standard InChI is InChI=1S/2C60H37N3O/c1-3-16-39(17-4-1)53-37-54(63-59(62-53)41-18-5-2-6-19-41)43-21-15-20-42(36-43)38-30-32-40(33-31-38)57-47-34-35-51-58(56(47)46-24-9-13-28-52(46)61-57)64-55-29-14-12-27-50(55)60(51)48-25-10-7-22-44(48)45-23-8-11-26-49(45)60;1-3-15-40(16-4-1)53-37-54(63-59(62-53)43-17-5-2-6-18-43)41-31-27-38(28-32-41)39-29-33-42(34-30-39)57-47-35-36-51-58(56(47)46-21-9-13-25-52(46)61-57)64-55-26-14-12-24-50(55)60(51)48-22-10-7-19-44(48)45-20-8-11-23-49(45)60/h2*1-37H. The number of aromatic nitrogens is 6. The third kappa shape index (κ3) is 11.8. The van der Waals surface area contributed by atoms with Crippen LogP contribution in [0.4, 0.5) is 0 Å². The Morgan fingerprint density at radius 3 is 0.859 bits per heavy atom. The molecule has 596 valence electrons. The number of ether oxygens (including phenoxy) is 2. The summed E-state index contributed by atoms with van der Waals surface area (Å²) in [6.07, 6.45) is 0. The van der Waals surface area contributed by atoms with Gasteiger partial charge < -0.3 is 9.47 Å². The third-order valence-corrected chi connectivity index (χ3v) is 26.3. The van der Waals surface area contributed by atoms with Gasteiger partial charge in [-0.2, -0.15) is 0 Å². The maximum Gasteiger partial charge on any atom is 0.160 e. The van der Waals surface area contributed by atoms with Gasteiger partial charge in [0.1, 0.15) is 23.0 Å². The van der Waals surface area contributed by atoms with Crippen molar-refractivity contribution in [2.75, 3.05) is 0 Å². The molecule has 4 aliphatic rings. The molecule has 0 saturated carbocycles. The van der Waals surface area contributed by atoms with E-state index in [1.807, 2.05) is 72.8 Å². The highest BCUT2D eigenvalue weighted by atomic mass is 16.5. The minimum Gasteiger partial charge on any atom is -0.456 e.